The lowest BCUT2D eigenvalue weighted by atomic mass is 9.43. The molecule has 1 heteroatoms. The van der Waals surface area contributed by atoms with E-state index in [1.807, 2.05) is 0 Å². The van der Waals surface area contributed by atoms with Gasteiger partial charge in [-0.25, -0.2) is 0 Å². The topological polar surface area (TPSA) is 3.24 Å². The Labute approximate surface area is 348 Å². The summed E-state index contributed by atoms with van der Waals surface area (Å²) in [6.07, 6.45) is 7.02. The zero-order chi connectivity index (χ0) is 38.9. The van der Waals surface area contributed by atoms with Crippen LogP contribution in [0.5, 0.6) is 0 Å². The molecule has 0 aromatic heterocycles. The third-order valence-electron chi connectivity index (χ3n) is 14.7. The van der Waals surface area contributed by atoms with E-state index in [4.69, 9.17) is 0 Å². The fraction of sp³-hybridized carbons (Fsp3) is 0.172. The molecule has 5 aliphatic rings. The van der Waals surface area contributed by atoms with E-state index >= 15 is 0 Å². The van der Waals surface area contributed by atoms with Crippen LogP contribution in [0.15, 0.2) is 200 Å². The van der Waals surface area contributed by atoms with Crippen molar-refractivity contribution >= 4 is 17.1 Å². The van der Waals surface area contributed by atoms with Gasteiger partial charge in [0.15, 0.2) is 0 Å². The van der Waals surface area contributed by atoms with Gasteiger partial charge in [0.05, 0.1) is 11.4 Å². The number of anilines is 3. The average Bonchev–Trinajstić information content (AvgIpc) is 3.59. The molecule has 4 saturated carbocycles. The maximum Gasteiger partial charge on any atom is 0.0540 e. The molecule has 5 aliphatic carbocycles. The SMILES string of the molecule is c1ccc(-c2ccccc2-c2ccccc2-c2ccccc2N(c2ccc3c(c2)-c2ccccc2C32C3CC4CC(C3)CC2C4)c2ccccc2-c2ccccc2)cc1. The van der Waals surface area contributed by atoms with Crippen LogP contribution in [-0.2, 0) is 5.41 Å². The van der Waals surface area contributed by atoms with Crippen LogP contribution in [0.2, 0.25) is 0 Å². The molecule has 4 bridgehead atoms. The van der Waals surface area contributed by atoms with Gasteiger partial charge in [0, 0.05) is 22.2 Å². The number of hydrogen-bond donors (Lipinski definition) is 0. The molecule has 0 radical (unpaired) electrons. The van der Waals surface area contributed by atoms with Crippen molar-refractivity contribution in [3.8, 4) is 55.6 Å². The summed E-state index contributed by atoms with van der Waals surface area (Å²) in [6.45, 7) is 0. The molecule has 1 nitrogen and oxygen atoms in total. The predicted octanol–water partition coefficient (Wildman–Crippen LogP) is 15.5. The van der Waals surface area contributed by atoms with Gasteiger partial charge < -0.3 is 4.90 Å². The van der Waals surface area contributed by atoms with Gasteiger partial charge in [-0.1, -0.05) is 176 Å². The molecule has 0 unspecified atom stereocenters. The summed E-state index contributed by atoms with van der Waals surface area (Å²) in [4.78, 5) is 2.56. The number of fused-ring (bicyclic) bond motifs is 3. The van der Waals surface area contributed by atoms with Gasteiger partial charge in [-0.3, -0.25) is 0 Å². The number of para-hydroxylation sites is 2. The zero-order valence-corrected chi connectivity index (χ0v) is 33.3. The zero-order valence-electron chi connectivity index (χ0n) is 33.3. The lowest BCUT2D eigenvalue weighted by Crippen LogP contribution is -2.55. The maximum atomic E-state index is 2.57. The molecule has 0 aliphatic heterocycles. The molecular formula is C58H47N. The van der Waals surface area contributed by atoms with Crippen LogP contribution < -0.4 is 4.90 Å². The van der Waals surface area contributed by atoms with Crippen LogP contribution >= 0.6 is 0 Å². The first-order valence-electron chi connectivity index (χ1n) is 21.8. The van der Waals surface area contributed by atoms with Gasteiger partial charge in [0.2, 0.25) is 0 Å². The third kappa shape index (κ3) is 5.37. The van der Waals surface area contributed by atoms with Crippen LogP contribution in [0.25, 0.3) is 55.6 Å². The molecule has 0 heterocycles. The second-order valence-electron chi connectivity index (χ2n) is 17.6. The van der Waals surface area contributed by atoms with Gasteiger partial charge in [-0.05, 0) is 136 Å². The Hall–Kier alpha value is -6.44. The van der Waals surface area contributed by atoms with E-state index in [9.17, 15) is 0 Å². The van der Waals surface area contributed by atoms with E-state index < -0.39 is 0 Å². The summed E-state index contributed by atoms with van der Waals surface area (Å²) in [5.74, 6) is 3.31. The highest BCUT2D eigenvalue weighted by atomic mass is 15.1. The van der Waals surface area contributed by atoms with E-state index in [0.29, 0.717) is 0 Å². The fourth-order valence-corrected chi connectivity index (χ4v) is 12.7. The first-order chi connectivity index (χ1) is 29.3. The Morgan fingerprint density at radius 1 is 0.322 bits per heavy atom. The number of nitrogens with zero attached hydrogens (tertiary/aromatic N) is 1. The molecule has 0 amide bonds. The van der Waals surface area contributed by atoms with E-state index in [1.165, 1.54) is 99.1 Å². The molecule has 8 aromatic carbocycles. The van der Waals surface area contributed by atoms with Crippen molar-refractivity contribution in [3.63, 3.8) is 0 Å². The van der Waals surface area contributed by atoms with Gasteiger partial charge in [-0.2, -0.15) is 0 Å². The smallest absolute Gasteiger partial charge is 0.0540 e. The second kappa shape index (κ2) is 13.8. The molecule has 0 N–H and O–H groups in total. The largest absolute Gasteiger partial charge is 0.309 e. The maximum absolute atomic E-state index is 2.57. The van der Waals surface area contributed by atoms with Gasteiger partial charge >= 0.3 is 0 Å². The predicted molar refractivity (Wildman–Crippen MR) is 246 cm³/mol. The summed E-state index contributed by atoms with van der Waals surface area (Å²) in [7, 11) is 0. The quantitative estimate of drug-likeness (QED) is 0.156. The molecule has 8 aromatic rings. The standard InChI is InChI=1S/C58H47N/c1-3-17-41(18-4-1)46-21-7-8-23-48(46)49-24-9-10-25-50(49)52-27-13-16-30-57(52)59(56-29-15-12-22-47(56)42-19-5-2-6-20-42)45-31-32-55-53(38-45)51-26-11-14-28-54(51)58(55)43-34-39-33-40(36-43)37-44(58)35-39/h1-32,38-40,43-44H,33-37H2. The van der Waals surface area contributed by atoms with Crippen molar-refractivity contribution < 1.29 is 0 Å². The summed E-state index contributed by atoms with van der Waals surface area (Å²) in [5.41, 5.74) is 19.5. The highest BCUT2D eigenvalue weighted by molar-refractivity contribution is 5.99. The molecular weight excluding hydrogens is 711 g/mol. The molecule has 0 atom stereocenters. The van der Waals surface area contributed by atoms with Gasteiger partial charge in [-0.15, -0.1) is 0 Å². The van der Waals surface area contributed by atoms with Gasteiger partial charge in [0.25, 0.3) is 0 Å². The van der Waals surface area contributed by atoms with Crippen LogP contribution in [0.4, 0.5) is 17.1 Å². The lowest BCUT2D eigenvalue weighted by Gasteiger charge is -2.61. The Balaban J connectivity index is 1.08. The van der Waals surface area contributed by atoms with E-state index in [-0.39, 0.29) is 5.41 Å². The highest BCUT2D eigenvalue weighted by Crippen LogP contribution is 2.69. The van der Waals surface area contributed by atoms with Crippen molar-refractivity contribution in [1.82, 2.24) is 0 Å². The minimum atomic E-state index is 0.133. The number of hydrogen-bond acceptors (Lipinski definition) is 1. The first kappa shape index (κ1) is 34.6. The number of benzene rings is 8. The van der Waals surface area contributed by atoms with Crippen LogP contribution in [0.1, 0.15) is 43.2 Å². The Morgan fingerprint density at radius 2 is 0.746 bits per heavy atom. The average molecular weight is 758 g/mol. The van der Waals surface area contributed by atoms with Crippen LogP contribution in [-0.4, -0.2) is 0 Å². The van der Waals surface area contributed by atoms with Gasteiger partial charge in [0.1, 0.15) is 0 Å². The Bertz CT molecular complexity index is 2820. The molecule has 13 rings (SSSR count). The van der Waals surface area contributed by atoms with Crippen LogP contribution in [0.3, 0.4) is 0 Å². The first-order valence-corrected chi connectivity index (χ1v) is 21.8. The minimum Gasteiger partial charge on any atom is -0.309 e. The molecule has 1 spiro atoms. The second-order valence-corrected chi connectivity index (χ2v) is 17.6. The molecule has 0 saturated heterocycles. The number of rotatable bonds is 7. The van der Waals surface area contributed by atoms with E-state index in [1.54, 1.807) is 11.1 Å². The van der Waals surface area contributed by atoms with Crippen molar-refractivity contribution in [2.24, 2.45) is 23.7 Å². The molecule has 59 heavy (non-hydrogen) atoms. The lowest BCUT2D eigenvalue weighted by molar-refractivity contribution is -0.0399. The van der Waals surface area contributed by atoms with Crippen molar-refractivity contribution in [2.45, 2.75) is 37.5 Å². The van der Waals surface area contributed by atoms with Crippen molar-refractivity contribution in [2.75, 3.05) is 4.90 Å². The van der Waals surface area contributed by atoms with Crippen molar-refractivity contribution in [3.05, 3.63) is 211 Å². The summed E-state index contributed by atoms with van der Waals surface area (Å²) < 4.78 is 0. The van der Waals surface area contributed by atoms with E-state index in [2.05, 4.69) is 205 Å². The highest BCUT2D eigenvalue weighted by Gasteiger charge is 2.61. The summed E-state index contributed by atoms with van der Waals surface area (Å²) >= 11 is 0. The van der Waals surface area contributed by atoms with E-state index in [0.717, 1.165) is 29.4 Å². The van der Waals surface area contributed by atoms with Crippen molar-refractivity contribution in [1.29, 1.82) is 0 Å². The Morgan fingerprint density at radius 3 is 1.37 bits per heavy atom. The third-order valence-corrected chi connectivity index (χ3v) is 14.7. The van der Waals surface area contributed by atoms with Crippen LogP contribution in [0, 0.1) is 23.7 Å². The summed E-state index contributed by atoms with van der Waals surface area (Å²) in [6, 6.07) is 74.7. The summed E-state index contributed by atoms with van der Waals surface area (Å²) in [5, 5.41) is 0. The Kier molecular flexibility index (Phi) is 8.12. The normalized spacial score (nSPS) is 22.0. The monoisotopic (exact) mass is 757 g/mol. The fourth-order valence-electron chi connectivity index (χ4n) is 12.7. The molecule has 4 fully saturated rings. The molecule has 284 valence electrons. The minimum absolute atomic E-state index is 0.133.